The maximum atomic E-state index is 6.00. The molecule has 1 aromatic carbocycles. The largest absolute Gasteiger partial charge is 0.383 e. The summed E-state index contributed by atoms with van der Waals surface area (Å²) < 4.78 is 8.08. The van der Waals surface area contributed by atoms with Gasteiger partial charge in [-0.3, -0.25) is 0 Å². The van der Waals surface area contributed by atoms with E-state index in [2.05, 4.69) is 58.8 Å². The van der Waals surface area contributed by atoms with E-state index in [-0.39, 0.29) is 0 Å². The Balaban J connectivity index is 1.33. The van der Waals surface area contributed by atoms with Gasteiger partial charge >= 0.3 is 0 Å². The van der Waals surface area contributed by atoms with Gasteiger partial charge in [0.25, 0.3) is 0 Å². The highest BCUT2D eigenvalue weighted by atomic mass is 32.2. The Morgan fingerprint density at radius 3 is 2.72 bits per heavy atom. The zero-order valence-corrected chi connectivity index (χ0v) is 15.3. The number of nitrogens with two attached hydrogens (primary N) is 1. The zero-order valence-electron chi connectivity index (χ0n) is 14.5. The van der Waals surface area contributed by atoms with Crippen LogP contribution in [-0.4, -0.2) is 21.1 Å². The molecule has 0 bridgehead atoms. The molecule has 1 aliphatic carbocycles. The lowest BCUT2D eigenvalue weighted by atomic mass is 9.81. The average molecular weight is 354 g/mol. The van der Waals surface area contributed by atoms with Crippen LogP contribution < -0.4 is 5.73 Å². The third-order valence-electron chi connectivity index (χ3n) is 4.91. The molecule has 0 radical (unpaired) electrons. The SMILES string of the molecule is Cc1ccc(SOCC2CC(n3cc(C)c4c(N)ncnc43)C2)cc1. The van der Waals surface area contributed by atoms with Crippen LogP contribution in [0.15, 0.2) is 41.7 Å². The number of benzene rings is 1. The number of fused-ring (bicyclic) bond motifs is 1. The Morgan fingerprint density at radius 2 is 1.96 bits per heavy atom. The molecule has 0 spiro atoms. The number of hydrogen-bond acceptors (Lipinski definition) is 5. The minimum Gasteiger partial charge on any atom is -0.383 e. The quantitative estimate of drug-likeness (QED) is 0.692. The van der Waals surface area contributed by atoms with E-state index < -0.39 is 0 Å². The second-order valence-corrected chi connectivity index (χ2v) is 7.72. The fourth-order valence-electron chi connectivity index (χ4n) is 3.43. The molecule has 0 unspecified atom stereocenters. The summed E-state index contributed by atoms with van der Waals surface area (Å²) in [7, 11) is 0. The van der Waals surface area contributed by atoms with E-state index in [9.17, 15) is 0 Å². The van der Waals surface area contributed by atoms with Gasteiger partial charge in [-0.2, -0.15) is 0 Å². The van der Waals surface area contributed by atoms with Gasteiger partial charge in [-0.15, -0.1) is 0 Å². The molecule has 2 aromatic heterocycles. The lowest BCUT2D eigenvalue weighted by Crippen LogP contribution is -2.29. The van der Waals surface area contributed by atoms with Crippen molar-refractivity contribution in [3.05, 3.63) is 47.9 Å². The molecule has 4 rings (SSSR count). The molecule has 130 valence electrons. The summed E-state index contributed by atoms with van der Waals surface area (Å²) in [6, 6.07) is 8.89. The maximum Gasteiger partial charge on any atom is 0.145 e. The highest BCUT2D eigenvalue weighted by Gasteiger charge is 2.32. The van der Waals surface area contributed by atoms with E-state index in [0.29, 0.717) is 17.8 Å². The van der Waals surface area contributed by atoms with Crippen LogP contribution >= 0.6 is 12.0 Å². The first-order valence-corrected chi connectivity index (χ1v) is 9.29. The molecule has 3 aromatic rings. The van der Waals surface area contributed by atoms with Crippen LogP contribution in [0.2, 0.25) is 0 Å². The highest BCUT2D eigenvalue weighted by molar-refractivity contribution is 7.94. The summed E-state index contributed by atoms with van der Waals surface area (Å²) in [4.78, 5) is 9.69. The Hall–Kier alpha value is -2.05. The molecule has 1 fully saturated rings. The Labute approximate surface area is 151 Å². The van der Waals surface area contributed by atoms with Gasteiger partial charge in [0.15, 0.2) is 0 Å². The molecule has 2 N–H and O–H groups in total. The van der Waals surface area contributed by atoms with Gasteiger partial charge in [0.05, 0.1) is 12.0 Å². The summed E-state index contributed by atoms with van der Waals surface area (Å²) in [6.45, 7) is 4.94. The number of anilines is 1. The summed E-state index contributed by atoms with van der Waals surface area (Å²) >= 11 is 1.47. The summed E-state index contributed by atoms with van der Waals surface area (Å²) in [5.41, 5.74) is 9.36. The van der Waals surface area contributed by atoms with Crippen LogP contribution in [0.1, 0.15) is 30.0 Å². The predicted molar refractivity (Wildman–Crippen MR) is 101 cm³/mol. The van der Waals surface area contributed by atoms with Crippen molar-refractivity contribution in [2.75, 3.05) is 12.3 Å². The molecule has 0 amide bonds. The maximum absolute atomic E-state index is 6.00. The van der Waals surface area contributed by atoms with Gasteiger partial charge in [-0.25, -0.2) is 9.97 Å². The lowest BCUT2D eigenvalue weighted by Gasteiger charge is -2.36. The molecule has 5 nitrogen and oxygen atoms in total. The van der Waals surface area contributed by atoms with Crippen LogP contribution in [0.3, 0.4) is 0 Å². The van der Waals surface area contributed by atoms with Crippen LogP contribution in [0, 0.1) is 19.8 Å². The first kappa shape index (κ1) is 16.4. The number of aryl methyl sites for hydroxylation is 2. The van der Waals surface area contributed by atoms with Crippen molar-refractivity contribution in [1.82, 2.24) is 14.5 Å². The third kappa shape index (κ3) is 3.24. The Morgan fingerprint density at radius 1 is 1.20 bits per heavy atom. The normalized spacial score (nSPS) is 19.9. The van der Waals surface area contributed by atoms with Crippen molar-refractivity contribution in [2.24, 2.45) is 5.92 Å². The number of hydrogen-bond donors (Lipinski definition) is 1. The molecule has 6 heteroatoms. The second-order valence-electron chi connectivity index (χ2n) is 6.85. The van der Waals surface area contributed by atoms with Gasteiger partial charge in [0.2, 0.25) is 0 Å². The minimum absolute atomic E-state index is 0.475. The Kier molecular flexibility index (Phi) is 4.39. The summed E-state index contributed by atoms with van der Waals surface area (Å²) in [6.07, 6.45) is 5.92. The second kappa shape index (κ2) is 6.69. The van der Waals surface area contributed by atoms with E-state index in [4.69, 9.17) is 9.92 Å². The summed E-state index contributed by atoms with van der Waals surface area (Å²) in [5.74, 6) is 1.16. The van der Waals surface area contributed by atoms with Crippen molar-refractivity contribution in [2.45, 2.75) is 37.6 Å². The van der Waals surface area contributed by atoms with E-state index >= 15 is 0 Å². The van der Waals surface area contributed by atoms with E-state index in [1.807, 2.05) is 0 Å². The van der Waals surface area contributed by atoms with E-state index in [1.54, 1.807) is 6.33 Å². The number of rotatable bonds is 5. The van der Waals surface area contributed by atoms with Crippen LogP contribution in [0.25, 0.3) is 11.0 Å². The molecule has 2 heterocycles. The molecule has 25 heavy (non-hydrogen) atoms. The minimum atomic E-state index is 0.475. The molecular weight excluding hydrogens is 332 g/mol. The first-order valence-electron chi connectivity index (χ1n) is 8.55. The van der Waals surface area contributed by atoms with Crippen molar-refractivity contribution >= 4 is 28.9 Å². The standard InChI is InChI=1S/C19H22N4OS/c1-12-3-5-16(6-4-12)25-24-10-14-7-15(8-14)23-9-13(2)17-18(20)21-11-22-19(17)23/h3-6,9,11,14-15H,7-8,10H2,1-2H3,(H2,20,21,22). The fraction of sp³-hybridized carbons (Fsp3) is 0.368. The first-order chi connectivity index (χ1) is 12.1. The van der Waals surface area contributed by atoms with Gasteiger partial charge in [0, 0.05) is 29.2 Å². The van der Waals surface area contributed by atoms with Crippen molar-refractivity contribution in [3.8, 4) is 0 Å². The number of aromatic nitrogens is 3. The highest BCUT2D eigenvalue weighted by Crippen LogP contribution is 2.41. The molecule has 0 aliphatic heterocycles. The van der Waals surface area contributed by atoms with Crippen LogP contribution in [-0.2, 0) is 4.18 Å². The van der Waals surface area contributed by atoms with E-state index in [1.165, 1.54) is 17.6 Å². The van der Waals surface area contributed by atoms with Gasteiger partial charge in [-0.1, -0.05) is 17.7 Å². The zero-order chi connectivity index (χ0) is 17.4. The Bertz CT molecular complexity index is 884. The number of nitrogen functional groups attached to an aromatic ring is 1. The van der Waals surface area contributed by atoms with Crippen LogP contribution in [0.5, 0.6) is 0 Å². The van der Waals surface area contributed by atoms with Gasteiger partial charge in [-0.05, 0) is 50.3 Å². The number of nitrogens with zero attached hydrogens (tertiary/aromatic N) is 3. The molecule has 0 saturated heterocycles. The lowest BCUT2D eigenvalue weighted by molar-refractivity contribution is 0.140. The van der Waals surface area contributed by atoms with E-state index in [0.717, 1.165) is 40.9 Å². The third-order valence-corrected chi connectivity index (χ3v) is 5.63. The van der Waals surface area contributed by atoms with Crippen molar-refractivity contribution in [3.63, 3.8) is 0 Å². The molecule has 1 saturated carbocycles. The fourth-order valence-corrected chi connectivity index (χ4v) is 4.08. The predicted octanol–water partition coefficient (Wildman–Crippen LogP) is 4.31. The summed E-state index contributed by atoms with van der Waals surface area (Å²) in [5, 5.41) is 0.983. The van der Waals surface area contributed by atoms with Gasteiger partial charge in [0.1, 0.15) is 17.8 Å². The van der Waals surface area contributed by atoms with Crippen molar-refractivity contribution < 1.29 is 4.18 Å². The monoisotopic (exact) mass is 354 g/mol. The van der Waals surface area contributed by atoms with Crippen molar-refractivity contribution in [1.29, 1.82) is 0 Å². The molecule has 0 atom stereocenters. The van der Waals surface area contributed by atoms with Gasteiger partial charge < -0.3 is 14.5 Å². The molecular formula is C19H22N4OS. The topological polar surface area (TPSA) is 66.0 Å². The smallest absolute Gasteiger partial charge is 0.145 e. The van der Waals surface area contributed by atoms with Crippen LogP contribution in [0.4, 0.5) is 5.82 Å². The average Bonchev–Trinajstić information content (AvgIpc) is 2.89. The molecule has 1 aliphatic rings.